The molecule has 1 N–H and O–H groups in total. The first kappa shape index (κ1) is 17.7. The second-order valence-electron chi connectivity index (χ2n) is 6.23. The zero-order chi connectivity index (χ0) is 18.7. The summed E-state index contributed by atoms with van der Waals surface area (Å²) in [6.07, 6.45) is 1.96. The van der Waals surface area contributed by atoms with Gasteiger partial charge in [0.15, 0.2) is 0 Å². The fourth-order valence-corrected chi connectivity index (χ4v) is 3.24. The zero-order valence-corrected chi connectivity index (χ0v) is 14.8. The summed E-state index contributed by atoms with van der Waals surface area (Å²) in [5.74, 6) is 0.0858. The number of hydrogen-bond acceptors (Lipinski definition) is 5. The number of para-hydroxylation sites is 1. The van der Waals surface area contributed by atoms with Gasteiger partial charge in [-0.3, -0.25) is 14.9 Å². The smallest absolute Gasteiger partial charge is 0.296 e. The van der Waals surface area contributed by atoms with Crippen molar-refractivity contribution in [3.63, 3.8) is 0 Å². The minimum atomic E-state index is -0.529. The van der Waals surface area contributed by atoms with Crippen LogP contribution in [0.15, 0.2) is 42.5 Å². The number of amides is 1. The Labute approximate surface area is 151 Å². The minimum Gasteiger partial charge on any atom is -0.496 e. The summed E-state index contributed by atoms with van der Waals surface area (Å²) in [5, 5.41) is 14.0. The molecule has 2 aromatic carbocycles. The van der Waals surface area contributed by atoms with Crippen molar-refractivity contribution in [1.29, 1.82) is 0 Å². The van der Waals surface area contributed by atoms with Gasteiger partial charge >= 0.3 is 0 Å². The van der Waals surface area contributed by atoms with E-state index in [0.717, 1.165) is 25.1 Å². The maximum absolute atomic E-state index is 12.7. The number of fused-ring (bicyclic) bond motifs is 1. The molecule has 0 unspecified atom stereocenters. The Morgan fingerprint density at radius 1 is 1.31 bits per heavy atom. The Hall–Kier alpha value is -3.09. The molecule has 7 heteroatoms. The van der Waals surface area contributed by atoms with Crippen LogP contribution >= 0.6 is 0 Å². The predicted octanol–water partition coefficient (Wildman–Crippen LogP) is 3.38. The van der Waals surface area contributed by atoms with Crippen LogP contribution < -0.4 is 15.0 Å². The number of nitrogens with one attached hydrogen (secondary N) is 1. The fourth-order valence-electron chi connectivity index (χ4n) is 3.24. The largest absolute Gasteiger partial charge is 0.496 e. The number of methoxy groups -OCH3 is 1. The molecule has 0 spiro atoms. The highest BCUT2D eigenvalue weighted by atomic mass is 16.6. The van der Waals surface area contributed by atoms with Crippen molar-refractivity contribution in [1.82, 2.24) is 0 Å². The van der Waals surface area contributed by atoms with Gasteiger partial charge in [0.2, 0.25) is 5.91 Å². The van der Waals surface area contributed by atoms with E-state index in [1.165, 1.54) is 24.8 Å². The van der Waals surface area contributed by atoms with Crippen LogP contribution in [-0.4, -0.2) is 30.5 Å². The van der Waals surface area contributed by atoms with Crippen molar-refractivity contribution in [2.75, 3.05) is 23.9 Å². The number of nitro groups is 1. The number of carbonyl (C=O) groups is 1. The zero-order valence-electron chi connectivity index (χ0n) is 14.8. The summed E-state index contributed by atoms with van der Waals surface area (Å²) in [6.45, 7) is 2.59. The van der Waals surface area contributed by atoms with Gasteiger partial charge in [-0.05, 0) is 43.5 Å². The molecule has 1 aliphatic rings. The number of aryl methyl sites for hydroxylation is 1. The van der Waals surface area contributed by atoms with Gasteiger partial charge in [-0.15, -0.1) is 0 Å². The lowest BCUT2D eigenvalue weighted by molar-refractivity contribution is -0.384. The van der Waals surface area contributed by atoms with Gasteiger partial charge in [-0.1, -0.05) is 18.2 Å². The van der Waals surface area contributed by atoms with Crippen molar-refractivity contribution in [2.24, 2.45) is 0 Å². The number of carbonyl (C=O) groups excluding carboxylic acids is 1. The lowest BCUT2D eigenvalue weighted by atomic mass is 10.00. The molecule has 0 aromatic heterocycles. The fraction of sp³-hybridized carbons (Fsp3) is 0.316. The van der Waals surface area contributed by atoms with Gasteiger partial charge in [-0.2, -0.15) is 0 Å². The van der Waals surface area contributed by atoms with Gasteiger partial charge in [-0.25, -0.2) is 0 Å². The summed E-state index contributed by atoms with van der Waals surface area (Å²) in [7, 11) is 1.44. The molecule has 0 saturated carbocycles. The first-order valence-corrected chi connectivity index (χ1v) is 8.49. The topological polar surface area (TPSA) is 84.7 Å². The van der Waals surface area contributed by atoms with Crippen molar-refractivity contribution in [3.05, 3.63) is 58.1 Å². The van der Waals surface area contributed by atoms with Crippen LogP contribution in [0.5, 0.6) is 5.75 Å². The van der Waals surface area contributed by atoms with Crippen LogP contribution in [-0.2, 0) is 11.2 Å². The first-order chi connectivity index (χ1) is 12.5. The molecule has 3 rings (SSSR count). The van der Waals surface area contributed by atoms with E-state index >= 15 is 0 Å². The maximum atomic E-state index is 12.7. The Morgan fingerprint density at radius 3 is 2.81 bits per heavy atom. The highest BCUT2D eigenvalue weighted by molar-refractivity contribution is 5.98. The highest BCUT2D eigenvalue weighted by Gasteiger charge is 2.27. The Morgan fingerprint density at radius 2 is 2.08 bits per heavy atom. The number of nitrogens with zero attached hydrogens (tertiary/aromatic N) is 2. The maximum Gasteiger partial charge on any atom is 0.296 e. The second-order valence-corrected chi connectivity index (χ2v) is 6.23. The van der Waals surface area contributed by atoms with Gasteiger partial charge in [0.05, 0.1) is 18.1 Å². The quantitative estimate of drug-likeness (QED) is 0.656. The molecule has 1 atom stereocenters. The lowest BCUT2D eigenvalue weighted by Gasteiger charge is -2.35. The molecule has 0 fully saturated rings. The van der Waals surface area contributed by atoms with Gasteiger partial charge < -0.3 is 15.0 Å². The standard InChI is InChI=1S/C19H21N3O4/c1-13(21-11-5-7-14-6-3-4-8-17(14)21)19(23)20-16-10-9-15(26-2)12-18(16)22(24)25/h3-4,6,8-10,12-13H,5,7,11H2,1-2H3,(H,20,23)/t13-/m0/s1. The third kappa shape index (κ3) is 3.46. The normalized spacial score (nSPS) is 14.3. The molecule has 0 saturated heterocycles. The van der Waals surface area contributed by atoms with Crippen LogP contribution in [0.3, 0.4) is 0 Å². The van der Waals surface area contributed by atoms with E-state index < -0.39 is 11.0 Å². The molecular weight excluding hydrogens is 334 g/mol. The van der Waals surface area contributed by atoms with Gasteiger partial charge in [0.1, 0.15) is 17.5 Å². The Balaban J connectivity index is 1.82. The van der Waals surface area contributed by atoms with Gasteiger partial charge in [0, 0.05) is 12.2 Å². The summed E-state index contributed by atoms with van der Waals surface area (Å²) in [5.41, 5.74) is 2.24. The van der Waals surface area contributed by atoms with Crippen LogP contribution in [0, 0.1) is 10.1 Å². The number of anilines is 2. The molecule has 7 nitrogen and oxygen atoms in total. The average Bonchev–Trinajstić information content (AvgIpc) is 2.67. The Kier molecular flexibility index (Phi) is 5.06. The molecule has 136 valence electrons. The van der Waals surface area contributed by atoms with Crippen LogP contribution in [0.4, 0.5) is 17.1 Å². The number of rotatable bonds is 5. The summed E-state index contributed by atoms with van der Waals surface area (Å²) >= 11 is 0. The van der Waals surface area contributed by atoms with E-state index in [4.69, 9.17) is 4.74 Å². The van der Waals surface area contributed by atoms with E-state index in [9.17, 15) is 14.9 Å². The number of nitro benzene ring substituents is 1. The van der Waals surface area contributed by atoms with E-state index in [2.05, 4.69) is 11.4 Å². The highest BCUT2D eigenvalue weighted by Crippen LogP contribution is 2.31. The monoisotopic (exact) mass is 355 g/mol. The summed E-state index contributed by atoms with van der Waals surface area (Å²) in [6, 6.07) is 12.0. The summed E-state index contributed by atoms with van der Waals surface area (Å²) in [4.78, 5) is 25.6. The minimum absolute atomic E-state index is 0.165. The second kappa shape index (κ2) is 7.43. The predicted molar refractivity (Wildman–Crippen MR) is 99.8 cm³/mol. The SMILES string of the molecule is COc1ccc(NC(=O)[C@H](C)N2CCCc3ccccc32)c([N+](=O)[O-])c1. The number of benzene rings is 2. The number of ether oxygens (including phenoxy) is 1. The van der Waals surface area contributed by atoms with Crippen molar-refractivity contribution in [3.8, 4) is 5.75 Å². The van der Waals surface area contributed by atoms with Crippen LogP contribution in [0.1, 0.15) is 18.9 Å². The van der Waals surface area contributed by atoms with Crippen molar-refractivity contribution < 1.29 is 14.5 Å². The van der Waals surface area contributed by atoms with E-state index in [0.29, 0.717) is 5.75 Å². The van der Waals surface area contributed by atoms with E-state index in [1.807, 2.05) is 30.0 Å². The molecule has 26 heavy (non-hydrogen) atoms. The molecule has 0 aliphatic carbocycles. The molecular formula is C19H21N3O4. The molecule has 1 aliphatic heterocycles. The molecule has 2 aromatic rings. The van der Waals surface area contributed by atoms with E-state index in [1.54, 1.807) is 6.07 Å². The molecule has 1 heterocycles. The first-order valence-electron chi connectivity index (χ1n) is 8.49. The average molecular weight is 355 g/mol. The Bertz CT molecular complexity index is 837. The van der Waals surface area contributed by atoms with E-state index in [-0.39, 0.29) is 17.3 Å². The van der Waals surface area contributed by atoms with Crippen molar-refractivity contribution in [2.45, 2.75) is 25.8 Å². The lowest BCUT2D eigenvalue weighted by Crippen LogP contribution is -2.44. The van der Waals surface area contributed by atoms with Crippen molar-refractivity contribution >= 4 is 23.0 Å². The molecule has 0 bridgehead atoms. The van der Waals surface area contributed by atoms with Crippen LogP contribution in [0.2, 0.25) is 0 Å². The molecule has 1 amide bonds. The summed E-state index contributed by atoms with van der Waals surface area (Å²) < 4.78 is 5.02. The van der Waals surface area contributed by atoms with Gasteiger partial charge in [0.25, 0.3) is 5.69 Å². The number of hydrogen-bond donors (Lipinski definition) is 1. The molecule has 0 radical (unpaired) electrons. The third-order valence-corrected chi connectivity index (χ3v) is 4.65. The third-order valence-electron chi connectivity index (χ3n) is 4.65. The van der Waals surface area contributed by atoms with Crippen LogP contribution in [0.25, 0.3) is 0 Å².